The van der Waals surface area contributed by atoms with Crippen LogP contribution in [-0.2, 0) is 0 Å². The molecule has 1 rings (SSSR count). The Kier molecular flexibility index (Phi) is 3.14. The highest BCUT2D eigenvalue weighted by atomic mass is 16.2. The van der Waals surface area contributed by atoms with Crippen molar-refractivity contribution in [2.75, 3.05) is 7.05 Å². The van der Waals surface area contributed by atoms with Crippen LogP contribution >= 0.6 is 0 Å². The Labute approximate surface area is 80.5 Å². The summed E-state index contributed by atoms with van der Waals surface area (Å²) in [5.41, 5.74) is 2.14. The number of nitrogen functional groups attached to an aromatic ring is 1. The van der Waals surface area contributed by atoms with Crippen LogP contribution in [0.25, 0.3) is 0 Å². The average Bonchev–Trinajstić information content (AvgIpc) is 2.27. The molecule has 0 spiro atoms. The van der Waals surface area contributed by atoms with Gasteiger partial charge in [-0.3, -0.25) is 20.0 Å². The standard InChI is InChI=1S/C8H10N4O2/c1-10-8(14)6-5(7(13)12-9)3-2-4-11-6/h2-4H,9H2,1H3,(H,10,14)(H,12,13). The van der Waals surface area contributed by atoms with Gasteiger partial charge in [-0.25, -0.2) is 5.84 Å². The minimum Gasteiger partial charge on any atom is -0.354 e. The molecule has 74 valence electrons. The SMILES string of the molecule is CNC(=O)c1ncccc1C(=O)NN. The van der Waals surface area contributed by atoms with E-state index in [0.717, 1.165) is 0 Å². The maximum atomic E-state index is 11.3. The fourth-order valence-electron chi connectivity index (χ4n) is 0.966. The summed E-state index contributed by atoms with van der Waals surface area (Å²) in [6.07, 6.45) is 1.43. The predicted molar refractivity (Wildman–Crippen MR) is 49.3 cm³/mol. The maximum absolute atomic E-state index is 11.3. The van der Waals surface area contributed by atoms with Crippen LogP contribution in [0.3, 0.4) is 0 Å². The number of pyridine rings is 1. The lowest BCUT2D eigenvalue weighted by Crippen LogP contribution is -2.33. The maximum Gasteiger partial charge on any atom is 0.270 e. The number of rotatable bonds is 2. The van der Waals surface area contributed by atoms with Gasteiger partial charge in [-0.2, -0.15) is 0 Å². The Hall–Kier alpha value is -1.95. The third-order valence-corrected chi connectivity index (χ3v) is 1.63. The molecule has 1 aromatic heterocycles. The van der Waals surface area contributed by atoms with Crippen LogP contribution in [0.15, 0.2) is 18.3 Å². The zero-order chi connectivity index (χ0) is 10.6. The fraction of sp³-hybridized carbons (Fsp3) is 0.125. The minimum atomic E-state index is -0.545. The van der Waals surface area contributed by atoms with Crippen molar-refractivity contribution in [1.29, 1.82) is 0 Å². The second kappa shape index (κ2) is 4.33. The van der Waals surface area contributed by atoms with Crippen molar-refractivity contribution in [3.05, 3.63) is 29.6 Å². The van der Waals surface area contributed by atoms with Crippen LogP contribution in [0.1, 0.15) is 20.8 Å². The molecular formula is C8H10N4O2. The molecule has 0 fully saturated rings. The number of carbonyl (C=O) groups is 2. The molecule has 0 unspecified atom stereocenters. The highest BCUT2D eigenvalue weighted by molar-refractivity contribution is 6.05. The van der Waals surface area contributed by atoms with Crippen molar-refractivity contribution in [1.82, 2.24) is 15.7 Å². The molecule has 6 heteroatoms. The van der Waals surface area contributed by atoms with Gasteiger partial charge in [0.25, 0.3) is 11.8 Å². The molecule has 1 heterocycles. The van der Waals surface area contributed by atoms with Crippen LogP contribution < -0.4 is 16.6 Å². The number of hydrogen-bond acceptors (Lipinski definition) is 4. The van der Waals surface area contributed by atoms with Crippen molar-refractivity contribution in [2.45, 2.75) is 0 Å². The minimum absolute atomic E-state index is 0.0537. The lowest BCUT2D eigenvalue weighted by Gasteiger charge is -2.04. The molecule has 2 amide bonds. The normalized spacial score (nSPS) is 9.29. The lowest BCUT2D eigenvalue weighted by molar-refractivity contribution is 0.0920. The van der Waals surface area contributed by atoms with E-state index in [2.05, 4.69) is 10.3 Å². The van der Waals surface area contributed by atoms with Gasteiger partial charge >= 0.3 is 0 Å². The number of carbonyl (C=O) groups excluding carboxylic acids is 2. The third-order valence-electron chi connectivity index (χ3n) is 1.63. The number of aromatic nitrogens is 1. The average molecular weight is 194 g/mol. The van der Waals surface area contributed by atoms with Crippen LogP contribution in [-0.4, -0.2) is 23.8 Å². The molecule has 0 aliphatic heterocycles. The summed E-state index contributed by atoms with van der Waals surface area (Å²) in [6, 6.07) is 3.02. The van der Waals surface area contributed by atoms with E-state index >= 15 is 0 Å². The molecule has 0 radical (unpaired) electrons. The van der Waals surface area contributed by atoms with Crippen LogP contribution in [0.5, 0.6) is 0 Å². The van der Waals surface area contributed by atoms with Gasteiger partial charge in [-0.1, -0.05) is 0 Å². The van der Waals surface area contributed by atoms with Gasteiger partial charge < -0.3 is 5.32 Å². The van der Waals surface area contributed by atoms with Gasteiger partial charge in [0.2, 0.25) is 0 Å². The first-order valence-corrected chi connectivity index (χ1v) is 3.88. The Morgan fingerprint density at radius 3 is 2.71 bits per heavy atom. The van der Waals surface area contributed by atoms with Gasteiger partial charge in [0, 0.05) is 13.2 Å². The van der Waals surface area contributed by atoms with Crippen LogP contribution in [0, 0.1) is 0 Å². The molecule has 0 aromatic carbocycles. The van der Waals surface area contributed by atoms with Crippen LogP contribution in [0.2, 0.25) is 0 Å². The predicted octanol–water partition coefficient (Wildman–Crippen LogP) is -0.955. The summed E-state index contributed by atoms with van der Waals surface area (Å²) in [4.78, 5) is 26.2. The third kappa shape index (κ3) is 1.86. The molecule has 0 atom stereocenters. The van der Waals surface area contributed by atoms with Gasteiger partial charge in [-0.05, 0) is 12.1 Å². The topological polar surface area (TPSA) is 97.1 Å². The fourth-order valence-corrected chi connectivity index (χ4v) is 0.966. The molecule has 0 aliphatic rings. The summed E-state index contributed by atoms with van der Waals surface area (Å²) < 4.78 is 0. The van der Waals surface area contributed by atoms with Crippen LogP contribution in [0.4, 0.5) is 0 Å². The van der Waals surface area contributed by atoms with E-state index in [1.165, 1.54) is 19.3 Å². The number of hydrazine groups is 1. The molecule has 0 saturated heterocycles. The Morgan fingerprint density at radius 2 is 2.14 bits per heavy atom. The second-order valence-electron chi connectivity index (χ2n) is 2.45. The number of nitrogens with one attached hydrogen (secondary N) is 2. The summed E-state index contributed by atoms with van der Waals surface area (Å²) in [6.45, 7) is 0. The number of hydrogen-bond donors (Lipinski definition) is 3. The lowest BCUT2D eigenvalue weighted by atomic mass is 10.2. The van der Waals surface area contributed by atoms with Crippen molar-refractivity contribution in [3.63, 3.8) is 0 Å². The van der Waals surface area contributed by atoms with E-state index in [-0.39, 0.29) is 11.3 Å². The smallest absolute Gasteiger partial charge is 0.270 e. The van der Waals surface area contributed by atoms with Gasteiger partial charge in [0.1, 0.15) is 5.69 Å². The molecule has 0 bridgehead atoms. The second-order valence-corrected chi connectivity index (χ2v) is 2.45. The zero-order valence-corrected chi connectivity index (χ0v) is 7.57. The monoisotopic (exact) mass is 194 g/mol. The number of nitrogens with zero attached hydrogens (tertiary/aromatic N) is 1. The molecular weight excluding hydrogens is 184 g/mol. The van der Waals surface area contributed by atoms with Crippen molar-refractivity contribution < 1.29 is 9.59 Å². The van der Waals surface area contributed by atoms with Gasteiger partial charge in [0.05, 0.1) is 5.56 Å². The van der Waals surface area contributed by atoms with E-state index in [0.29, 0.717) is 0 Å². The van der Waals surface area contributed by atoms with Crippen molar-refractivity contribution >= 4 is 11.8 Å². The molecule has 1 aromatic rings. The largest absolute Gasteiger partial charge is 0.354 e. The Morgan fingerprint density at radius 1 is 1.43 bits per heavy atom. The molecule has 0 aliphatic carbocycles. The van der Waals surface area contributed by atoms with Gasteiger partial charge in [0.15, 0.2) is 0 Å². The zero-order valence-electron chi connectivity index (χ0n) is 7.57. The van der Waals surface area contributed by atoms with E-state index in [1.807, 2.05) is 5.43 Å². The van der Waals surface area contributed by atoms with Crippen molar-refractivity contribution in [2.24, 2.45) is 5.84 Å². The summed E-state index contributed by atoms with van der Waals surface area (Å²) >= 11 is 0. The number of nitrogens with two attached hydrogens (primary N) is 1. The van der Waals surface area contributed by atoms with E-state index in [1.54, 1.807) is 6.07 Å². The first kappa shape index (κ1) is 10.1. The Bertz CT molecular complexity index is 329. The van der Waals surface area contributed by atoms with Gasteiger partial charge in [-0.15, -0.1) is 0 Å². The number of amides is 2. The highest BCUT2D eigenvalue weighted by Crippen LogP contribution is 2.04. The summed E-state index contributed by atoms with van der Waals surface area (Å²) in [5, 5.41) is 2.38. The van der Waals surface area contributed by atoms with Crippen molar-refractivity contribution in [3.8, 4) is 0 Å². The Balaban J connectivity index is 3.15. The first-order valence-electron chi connectivity index (χ1n) is 3.88. The summed E-state index contributed by atoms with van der Waals surface area (Å²) in [5.74, 6) is 3.98. The molecule has 0 saturated carbocycles. The molecule has 14 heavy (non-hydrogen) atoms. The molecule has 6 nitrogen and oxygen atoms in total. The highest BCUT2D eigenvalue weighted by Gasteiger charge is 2.15. The molecule has 4 N–H and O–H groups in total. The first-order chi connectivity index (χ1) is 6.70. The quantitative estimate of drug-likeness (QED) is 0.321. The van der Waals surface area contributed by atoms with E-state index in [4.69, 9.17) is 5.84 Å². The van der Waals surface area contributed by atoms with E-state index < -0.39 is 11.8 Å². The summed E-state index contributed by atoms with van der Waals surface area (Å²) in [7, 11) is 1.46. The van der Waals surface area contributed by atoms with E-state index in [9.17, 15) is 9.59 Å².